The highest BCUT2D eigenvalue weighted by molar-refractivity contribution is 7.85. The van der Waals surface area contributed by atoms with Crippen LogP contribution in [0.15, 0.2) is 194 Å². The summed E-state index contributed by atoms with van der Waals surface area (Å²) in [5.74, 6) is 0. The third kappa shape index (κ3) is 4.58. The van der Waals surface area contributed by atoms with E-state index in [0.717, 1.165) is 70.6 Å². The van der Waals surface area contributed by atoms with Crippen LogP contribution < -0.4 is 26.5 Å². The third-order valence-electron chi connectivity index (χ3n) is 11.1. The lowest BCUT2D eigenvalue weighted by atomic mass is 10.1. The summed E-state index contributed by atoms with van der Waals surface area (Å²) in [6.07, 6.45) is 3.44. The zero-order chi connectivity index (χ0) is 37.4. The second-order valence-corrected chi connectivity index (χ2v) is 19.4. The van der Waals surface area contributed by atoms with Crippen LogP contribution in [0.5, 0.6) is 0 Å². The zero-order valence-corrected chi connectivity index (χ0v) is 31.8. The van der Waals surface area contributed by atoms with Gasteiger partial charge in [0.25, 0.3) is 0 Å². The molecular formula is C48H32N4O2P2. The van der Waals surface area contributed by atoms with Crippen LogP contribution >= 0.6 is 14.4 Å². The summed E-state index contributed by atoms with van der Waals surface area (Å²) in [4.78, 5) is 9.94. The molecule has 6 nitrogen and oxygen atoms in total. The Labute approximate surface area is 322 Å². The summed E-state index contributed by atoms with van der Waals surface area (Å²) in [6, 6.07) is 60.1. The highest BCUT2D eigenvalue weighted by Crippen LogP contribution is 2.52. The first-order valence-electron chi connectivity index (χ1n) is 18.5. The van der Waals surface area contributed by atoms with Gasteiger partial charge in [0.2, 0.25) is 7.29 Å². The van der Waals surface area contributed by atoms with E-state index < -0.39 is 14.4 Å². The molecule has 56 heavy (non-hydrogen) atoms. The van der Waals surface area contributed by atoms with Gasteiger partial charge in [-0.2, -0.15) is 0 Å². The van der Waals surface area contributed by atoms with Gasteiger partial charge in [0.05, 0.1) is 32.7 Å². The molecule has 0 aliphatic carbocycles. The fraction of sp³-hybridized carbons (Fsp3) is 0. The first-order valence-corrected chi connectivity index (χ1v) is 21.9. The smallest absolute Gasteiger partial charge is 0.237 e. The summed E-state index contributed by atoms with van der Waals surface area (Å²) in [5.41, 5.74) is 4.96. The van der Waals surface area contributed by atoms with Gasteiger partial charge in [-0.3, -0.25) is 18.3 Å². The van der Waals surface area contributed by atoms with Crippen LogP contribution in [0, 0.1) is 0 Å². The van der Waals surface area contributed by atoms with Gasteiger partial charge in [0, 0.05) is 49.9 Å². The van der Waals surface area contributed by atoms with Crippen molar-refractivity contribution < 1.29 is 9.13 Å². The molecule has 1 atom stereocenters. The van der Waals surface area contributed by atoms with Gasteiger partial charge in [-0.05, 0) is 60.0 Å². The van der Waals surface area contributed by atoms with E-state index in [4.69, 9.17) is 4.98 Å². The molecule has 8 heteroatoms. The van der Waals surface area contributed by atoms with Crippen molar-refractivity contribution in [1.82, 2.24) is 18.7 Å². The van der Waals surface area contributed by atoms with Crippen LogP contribution in [0.4, 0.5) is 0 Å². The predicted octanol–water partition coefficient (Wildman–Crippen LogP) is 9.71. The number of pyridine rings is 2. The molecule has 0 spiro atoms. The van der Waals surface area contributed by atoms with Crippen molar-refractivity contribution in [2.75, 3.05) is 0 Å². The molecule has 266 valence electrons. The second kappa shape index (κ2) is 12.5. The molecule has 0 aliphatic heterocycles. The minimum Gasteiger partial charge on any atom is -0.309 e. The van der Waals surface area contributed by atoms with E-state index in [1.165, 1.54) is 0 Å². The largest absolute Gasteiger partial charge is 0.309 e. The Morgan fingerprint density at radius 2 is 0.982 bits per heavy atom. The lowest BCUT2D eigenvalue weighted by molar-refractivity contribution is 0.583. The molecule has 11 aromatic rings. The van der Waals surface area contributed by atoms with E-state index in [0.29, 0.717) is 16.1 Å². The van der Waals surface area contributed by atoms with Crippen LogP contribution in [-0.2, 0) is 9.13 Å². The standard InChI is InChI=1S/C48H32N4O2P2/c53-55(33-15-3-1-4-16-33,34-17-5-2-6-18-34)35-28-29-40-41(31-35)39-22-7-10-23-42(39)51-45-26-13-27-46(47(45)50-48(40)51)56(54,36-19-14-30-49-32-36)52-43-24-11-8-20-37(43)38-21-9-12-25-44(38)52/h1-32H. The molecule has 0 aliphatic rings. The van der Waals surface area contributed by atoms with Crippen molar-refractivity contribution in [2.45, 2.75) is 0 Å². The van der Waals surface area contributed by atoms with Crippen LogP contribution in [0.1, 0.15) is 0 Å². The number of benzene rings is 7. The number of aromatic nitrogens is 4. The second-order valence-electron chi connectivity index (χ2n) is 14.1. The number of nitrogens with zero attached hydrogens (tertiary/aromatic N) is 4. The third-order valence-corrected chi connectivity index (χ3v) is 17.1. The van der Waals surface area contributed by atoms with E-state index >= 15 is 9.13 Å². The van der Waals surface area contributed by atoms with Crippen LogP contribution in [0.25, 0.3) is 60.2 Å². The summed E-state index contributed by atoms with van der Waals surface area (Å²) in [6.45, 7) is 0. The number of hydrogen-bond acceptors (Lipinski definition) is 4. The van der Waals surface area contributed by atoms with Gasteiger partial charge in [0.15, 0.2) is 7.14 Å². The predicted molar refractivity (Wildman–Crippen MR) is 233 cm³/mol. The maximum Gasteiger partial charge on any atom is 0.237 e. The number of para-hydroxylation sites is 4. The molecule has 0 fully saturated rings. The number of hydrogen-bond donors (Lipinski definition) is 0. The van der Waals surface area contributed by atoms with Gasteiger partial charge in [-0.1, -0.05) is 127 Å². The average molecular weight is 759 g/mol. The Hall–Kier alpha value is -6.58. The Kier molecular flexibility index (Phi) is 7.31. The summed E-state index contributed by atoms with van der Waals surface area (Å²) in [7, 11) is -6.95. The Morgan fingerprint density at radius 1 is 0.429 bits per heavy atom. The molecule has 0 saturated heterocycles. The van der Waals surface area contributed by atoms with Gasteiger partial charge in [-0.15, -0.1) is 0 Å². The topological polar surface area (TPSA) is 69.3 Å². The Morgan fingerprint density at radius 3 is 1.61 bits per heavy atom. The molecule has 4 heterocycles. The number of imidazole rings is 1. The fourth-order valence-corrected chi connectivity index (χ4v) is 14.2. The van der Waals surface area contributed by atoms with E-state index in [1.807, 2.05) is 144 Å². The van der Waals surface area contributed by atoms with E-state index in [9.17, 15) is 0 Å². The average Bonchev–Trinajstić information content (AvgIpc) is 3.84. The van der Waals surface area contributed by atoms with Gasteiger partial charge >= 0.3 is 0 Å². The van der Waals surface area contributed by atoms with Crippen molar-refractivity contribution in [2.24, 2.45) is 0 Å². The molecule has 0 N–H and O–H groups in total. The van der Waals surface area contributed by atoms with Crippen LogP contribution in [0.2, 0.25) is 0 Å². The van der Waals surface area contributed by atoms with Crippen LogP contribution in [0.3, 0.4) is 0 Å². The minimum atomic E-state index is -3.70. The molecule has 11 rings (SSSR count). The lowest BCUT2D eigenvalue weighted by Crippen LogP contribution is -2.24. The number of fused-ring (bicyclic) bond motifs is 11. The molecule has 1 unspecified atom stereocenters. The van der Waals surface area contributed by atoms with Crippen LogP contribution in [-0.4, -0.2) is 18.7 Å². The first-order chi connectivity index (χ1) is 27.6. The normalized spacial score (nSPS) is 13.3. The quantitative estimate of drug-likeness (QED) is 0.125. The minimum absolute atomic E-state index is 0.619. The Bertz CT molecular complexity index is 3340. The SMILES string of the molecule is O=P(c1ccccc1)(c1ccccc1)c1ccc2c(c1)c1ccccc1n1c3cccc(P(=O)(c4cccnc4)n4c5ccccc5c5ccccc54)c3nc21. The summed E-state index contributed by atoms with van der Waals surface area (Å²) < 4.78 is 36.3. The zero-order valence-electron chi connectivity index (χ0n) is 30.0. The maximum absolute atomic E-state index is 16.6. The molecule has 0 saturated carbocycles. The van der Waals surface area contributed by atoms with E-state index in [2.05, 4.69) is 51.8 Å². The van der Waals surface area contributed by atoms with Crippen molar-refractivity contribution in [1.29, 1.82) is 0 Å². The highest BCUT2D eigenvalue weighted by Gasteiger charge is 2.36. The molecule has 0 bridgehead atoms. The van der Waals surface area contributed by atoms with E-state index in [-0.39, 0.29) is 0 Å². The summed E-state index contributed by atoms with van der Waals surface area (Å²) >= 11 is 0. The van der Waals surface area contributed by atoms with Crippen molar-refractivity contribution in [3.8, 4) is 0 Å². The van der Waals surface area contributed by atoms with Crippen molar-refractivity contribution in [3.05, 3.63) is 194 Å². The Balaban J connectivity index is 1.24. The first kappa shape index (κ1) is 32.8. The fourth-order valence-electron chi connectivity index (χ4n) is 8.62. The van der Waals surface area contributed by atoms with Gasteiger partial charge in [-0.25, -0.2) is 4.98 Å². The van der Waals surface area contributed by atoms with Gasteiger partial charge in [0.1, 0.15) is 11.2 Å². The molecule has 7 aromatic carbocycles. The molecule has 0 radical (unpaired) electrons. The lowest BCUT2D eigenvalue weighted by Gasteiger charge is -2.23. The molecular weight excluding hydrogens is 727 g/mol. The van der Waals surface area contributed by atoms with Gasteiger partial charge < -0.3 is 4.57 Å². The van der Waals surface area contributed by atoms with Crippen molar-refractivity contribution >= 4 is 101 Å². The highest BCUT2D eigenvalue weighted by atomic mass is 31.2. The monoisotopic (exact) mass is 758 g/mol. The maximum atomic E-state index is 16.6. The van der Waals surface area contributed by atoms with E-state index in [1.54, 1.807) is 12.4 Å². The number of rotatable bonds is 6. The molecule has 0 amide bonds. The van der Waals surface area contributed by atoms with Crippen molar-refractivity contribution in [3.63, 3.8) is 0 Å². The molecule has 4 aromatic heterocycles. The summed E-state index contributed by atoms with van der Waals surface area (Å²) in [5, 5.41) is 8.50.